The minimum Gasteiger partial charge on any atom is -0.504 e. The van der Waals surface area contributed by atoms with Crippen molar-refractivity contribution in [3.8, 4) is 23.0 Å². The van der Waals surface area contributed by atoms with Gasteiger partial charge in [0.15, 0.2) is 11.5 Å². The predicted molar refractivity (Wildman–Crippen MR) is 61.7 cm³/mol. The van der Waals surface area contributed by atoms with Crippen molar-refractivity contribution in [1.82, 2.24) is 0 Å². The van der Waals surface area contributed by atoms with E-state index < -0.39 is 0 Å². The van der Waals surface area contributed by atoms with E-state index in [0.29, 0.717) is 17.9 Å². The van der Waals surface area contributed by atoms with Crippen molar-refractivity contribution in [3.63, 3.8) is 0 Å². The van der Waals surface area contributed by atoms with Crippen molar-refractivity contribution in [2.75, 3.05) is 21.3 Å². The minimum absolute atomic E-state index is 0.0250. The molecule has 0 amide bonds. The lowest BCUT2D eigenvalue weighted by Gasteiger charge is -2.16. The number of phenols is 1. The molecule has 4 nitrogen and oxygen atoms in total. The molecule has 0 atom stereocenters. The molecule has 0 spiro atoms. The summed E-state index contributed by atoms with van der Waals surface area (Å²) in [5.41, 5.74) is 0.799. The maximum absolute atomic E-state index is 9.76. The van der Waals surface area contributed by atoms with Crippen molar-refractivity contribution in [2.24, 2.45) is 0 Å². The lowest BCUT2D eigenvalue weighted by Crippen LogP contribution is -1.98. The molecule has 1 aromatic carbocycles. The van der Waals surface area contributed by atoms with Gasteiger partial charge in [-0.15, -0.1) is 6.58 Å². The second kappa shape index (κ2) is 5.30. The Morgan fingerprint density at radius 1 is 1.12 bits per heavy atom. The van der Waals surface area contributed by atoms with Crippen LogP contribution >= 0.6 is 0 Å². The van der Waals surface area contributed by atoms with Gasteiger partial charge in [-0.25, -0.2) is 0 Å². The maximum atomic E-state index is 9.76. The van der Waals surface area contributed by atoms with E-state index in [1.807, 2.05) is 0 Å². The normalized spacial score (nSPS) is 9.69. The molecular formula is C12H16O4. The molecule has 4 heteroatoms. The van der Waals surface area contributed by atoms with Gasteiger partial charge >= 0.3 is 0 Å². The average Bonchev–Trinajstić information content (AvgIpc) is 2.28. The van der Waals surface area contributed by atoms with E-state index in [4.69, 9.17) is 14.2 Å². The van der Waals surface area contributed by atoms with E-state index in [2.05, 4.69) is 6.58 Å². The molecule has 1 rings (SSSR count). The van der Waals surface area contributed by atoms with Crippen LogP contribution in [0.5, 0.6) is 23.0 Å². The summed E-state index contributed by atoms with van der Waals surface area (Å²) in [7, 11) is 4.50. The predicted octanol–water partition coefficient (Wildman–Crippen LogP) is 2.15. The summed E-state index contributed by atoms with van der Waals surface area (Å²) >= 11 is 0. The smallest absolute Gasteiger partial charge is 0.207 e. The molecule has 88 valence electrons. The highest BCUT2D eigenvalue weighted by atomic mass is 16.5. The first-order valence-electron chi connectivity index (χ1n) is 4.81. The van der Waals surface area contributed by atoms with E-state index in [-0.39, 0.29) is 11.5 Å². The van der Waals surface area contributed by atoms with E-state index >= 15 is 0 Å². The van der Waals surface area contributed by atoms with Crippen LogP contribution in [0, 0.1) is 0 Å². The van der Waals surface area contributed by atoms with Gasteiger partial charge in [0.2, 0.25) is 11.5 Å². The van der Waals surface area contributed by atoms with E-state index in [9.17, 15) is 5.11 Å². The Labute approximate surface area is 95.1 Å². The second-order valence-electron chi connectivity index (χ2n) is 3.15. The number of allylic oxidation sites excluding steroid dienone is 1. The molecular weight excluding hydrogens is 208 g/mol. The van der Waals surface area contributed by atoms with Gasteiger partial charge in [0.25, 0.3) is 0 Å². The molecule has 1 N–H and O–H groups in total. The third-order valence-electron chi connectivity index (χ3n) is 2.22. The highest BCUT2D eigenvalue weighted by molar-refractivity contribution is 5.62. The number of methoxy groups -OCH3 is 3. The lowest BCUT2D eigenvalue weighted by atomic mass is 10.1. The van der Waals surface area contributed by atoms with Crippen molar-refractivity contribution < 1.29 is 19.3 Å². The molecule has 0 aliphatic carbocycles. The summed E-state index contributed by atoms with van der Waals surface area (Å²) in [6.45, 7) is 3.65. The molecule has 0 fully saturated rings. The Morgan fingerprint density at radius 2 is 1.69 bits per heavy atom. The second-order valence-corrected chi connectivity index (χ2v) is 3.15. The number of ether oxygens (including phenoxy) is 3. The summed E-state index contributed by atoms with van der Waals surface area (Å²) in [5.74, 6) is 1.24. The lowest BCUT2D eigenvalue weighted by molar-refractivity contribution is 0.309. The molecule has 16 heavy (non-hydrogen) atoms. The molecule has 0 unspecified atom stereocenters. The summed E-state index contributed by atoms with van der Waals surface area (Å²) in [6.07, 6.45) is 2.31. The summed E-state index contributed by atoms with van der Waals surface area (Å²) < 4.78 is 15.5. The number of hydrogen-bond acceptors (Lipinski definition) is 4. The Bertz CT molecular complexity index is 385. The molecule has 0 bridgehead atoms. The molecule has 0 aliphatic rings. The van der Waals surface area contributed by atoms with Gasteiger partial charge in [-0.3, -0.25) is 0 Å². The van der Waals surface area contributed by atoms with Gasteiger partial charge in [0.05, 0.1) is 21.3 Å². The maximum Gasteiger partial charge on any atom is 0.207 e. The van der Waals surface area contributed by atoms with Crippen LogP contribution < -0.4 is 14.2 Å². The fourth-order valence-electron chi connectivity index (χ4n) is 1.57. The largest absolute Gasteiger partial charge is 0.504 e. The Hall–Kier alpha value is -1.84. The van der Waals surface area contributed by atoms with Crippen LogP contribution in [0.15, 0.2) is 18.7 Å². The highest BCUT2D eigenvalue weighted by Gasteiger charge is 2.19. The summed E-state index contributed by atoms with van der Waals surface area (Å²) in [4.78, 5) is 0. The number of rotatable bonds is 5. The molecule has 0 aromatic heterocycles. The van der Waals surface area contributed by atoms with Crippen LogP contribution in [0.1, 0.15) is 5.56 Å². The van der Waals surface area contributed by atoms with Crippen LogP contribution in [0.25, 0.3) is 0 Å². The van der Waals surface area contributed by atoms with Gasteiger partial charge in [0.1, 0.15) is 0 Å². The van der Waals surface area contributed by atoms with Crippen molar-refractivity contribution >= 4 is 0 Å². The van der Waals surface area contributed by atoms with Gasteiger partial charge in [-0.05, 0) is 12.5 Å². The minimum atomic E-state index is 0.0250. The van der Waals surface area contributed by atoms with E-state index in [1.54, 1.807) is 19.3 Å². The standard InChI is InChI=1S/C12H16O4/c1-5-6-8-7-9(13)11(15-3)12(16-4)10(8)14-2/h5,7,13H,1,6H2,2-4H3. The van der Waals surface area contributed by atoms with Crippen LogP contribution in [0.2, 0.25) is 0 Å². The van der Waals surface area contributed by atoms with Crippen molar-refractivity contribution in [1.29, 1.82) is 0 Å². The average molecular weight is 224 g/mol. The Morgan fingerprint density at radius 3 is 2.12 bits per heavy atom. The van der Waals surface area contributed by atoms with Gasteiger partial charge in [-0.1, -0.05) is 6.08 Å². The Kier molecular flexibility index (Phi) is 4.05. The summed E-state index contributed by atoms with van der Waals surface area (Å²) in [5, 5.41) is 9.76. The first kappa shape index (κ1) is 12.2. The summed E-state index contributed by atoms with van der Waals surface area (Å²) in [6, 6.07) is 1.59. The van der Waals surface area contributed by atoms with Gasteiger partial charge in [0, 0.05) is 5.56 Å². The van der Waals surface area contributed by atoms with Crippen molar-refractivity contribution in [2.45, 2.75) is 6.42 Å². The third kappa shape index (κ3) is 2.05. The monoisotopic (exact) mass is 224 g/mol. The van der Waals surface area contributed by atoms with Crippen molar-refractivity contribution in [3.05, 3.63) is 24.3 Å². The van der Waals surface area contributed by atoms with E-state index in [1.165, 1.54) is 14.2 Å². The number of aromatic hydroxyl groups is 1. The molecule has 1 aromatic rings. The molecule has 0 saturated carbocycles. The molecule has 0 saturated heterocycles. The third-order valence-corrected chi connectivity index (χ3v) is 2.22. The zero-order valence-electron chi connectivity index (χ0n) is 9.74. The zero-order valence-corrected chi connectivity index (χ0v) is 9.74. The number of benzene rings is 1. The molecule has 0 heterocycles. The number of phenolic OH excluding ortho intramolecular Hbond substituents is 1. The van der Waals surface area contributed by atoms with Crippen LogP contribution in [-0.2, 0) is 6.42 Å². The van der Waals surface area contributed by atoms with Crippen LogP contribution in [0.3, 0.4) is 0 Å². The highest BCUT2D eigenvalue weighted by Crippen LogP contribution is 2.46. The molecule has 0 radical (unpaired) electrons. The number of hydrogen-bond donors (Lipinski definition) is 1. The van der Waals surface area contributed by atoms with Gasteiger partial charge in [-0.2, -0.15) is 0 Å². The van der Waals surface area contributed by atoms with Gasteiger partial charge < -0.3 is 19.3 Å². The van der Waals surface area contributed by atoms with Crippen LogP contribution in [0.4, 0.5) is 0 Å². The first-order chi connectivity index (χ1) is 7.69. The Balaban J connectivity index is 3.43. The van der Waals surface area contributed by atoms with E-state index in [0.717, 1.165) is 5.56 Å². The fourth-order valence-corrected chi connectivity index (χ4v) is 1.57. The quantitative estimate of drug-likeness (QED) is 0.778. The SMILES string of the molecule is C=CCc1cc(O)c(OC)c(OC)c1OC. The fraction of sp³-hybridized carbons (Fsp3) is 0.333. The molecule has 0 aliphatic heterocycles. The zero-order chi connectivity index (χ0) is 12.1. The topological polar surface area (TPSA) is 47.9 Å². The first-order valence-corrected chi connectivity index (χ1v) is 4.81. The van der Waals surface area contributed by atoms with Crippen LogP contribution in [-0.4, -0.2) is 26.4 Å².